The van der Waals surface area contributed by atoms with Gasteiger partial charge in [-0.15, -0.1) is 12.4 Å². The summed E-state index contributed by atoms with van der Waals surface area (Å²) >= 11 is 5.80. The topological polar surface area (TPSA) is 160 Å². The van der Waals surface area contributed by atoms with Crippen LogP contribution in [0.5, 0.6) is 5.75 Å². The van der Waals surface area contributed by atoms with Crippen molar-refractivity contribution in [3.63, 3.8) is 0 Å². The van der Waals surface area contributed by atoms with E-state index in [1.165, 1.54) is 6.07 Å². The number of carbonyl (C=O) groups is 4. The van der Waals surface area contributed by atoms with Crippen molar-refractivity contribution in [1.29, 1.82) is 5.26 Å². The van der Waals surface area contributed by atoms with Crippen molar-refractivity contribution in [2.75, 3.05) is 40.1 Å². The lowest BCUT2D eigenvalue weighted by molar-refractivity contribution is -0.138. The highest BCUT2D eigenvalue weighted by Crippen LogP contribution is 2.49. The van der Waals surface area contributed by atoms with Gasteiger partial charge in [0.15, 0.2) is 10.8 Å². The van der Waals surface area contributed by atoms with Crippen molar-refractivity contribution in [3.05, 3.63) is 71.5 Å². The molecule has 4 fully saturated rings. The van der Waals surface area contributed by atoms with Crippen LogP contribution < -0.4 is 30.5 Å². The number of amides is 4. The number of carbonyl (C=O) groups excluding carboxylic acids is 4. The Hall–Kier alpha value is -5.31. The summed E-state index contributed by atoms with van der Waals surface area (Å²) in [7, 11) is 0. The molecule has 18 heteroatoms. The van der Waals surface area contributed by atoms with E-state index in [9.17, 15) is 37.6 Å². The quantitative estimate of drug-likeness (QED) is 0.126. The summed E-state index contributed by atoms with van der Waals surface area (Å²) in [6, 6.07) is 14.5. The number of alkyl halides is 3. The lowest BCUT2D eigenvalue weighted by Crippen LogP contribution is -2.55. The fourth-order valence-corrected chi connectivity index (χ4v) is 9.23. The number of benzene rings is 2. The number of nitriles is 1. The maximum Gasteiger partial charge on any atom is 0.419 e. The van der Waals surface area contributed by atoms with Gasteiger partial charge in [-0.05, 0) is 138 Å². The van der Waals surface area contributed by atoms with Gasteiger partial charge in [0.1, 0.15) is 23.4 Å². The normalized spacial score (nSPS) is 21.0. The first kappa shape index (κ1) is 45.2. The largest absolute Gasteiger partial charge is 0.493 e. The van der Waals surface area contributed by atoms with Gasteiger partial charge >= 0.3 is 6.18 Å². The van der Waals surface area contributed by atoms with Crippen molar-refractivity contribution >= 4 is 76.1 Å². The summed E-state index contributed by atoms with van der Waals surface area (Å²) in [6.45, 7) is 7.71. The number of piperidine rings is 2. The molecule has 0 radical (unpaired) electrons. The molecular weight excluding hydrogens is 833 g/mol. The number of nitrogens with zero attached hydrogens (tertiary/aromatic N) is 5. The van der Waals surface area contributed by atoms with Gasteiger partial charge in [-0.2, -0.15) is 18.4 Å². The van der Waals surface area contributed by atoms with Crippen LogP contribution in [0.1, 0.15) is 89.0 Å². The second kappa shape index (κ2) is 18.0. The Bertz CT molecular complexity index is 2260. The van der Waals surface area contributed by atoms with Crippen molar-refractivity contribution in [1.82, 2.24) is 15.2 Å². The second-order valence-corrected chi connectivity index (χ2v) is 16.9. The lowest BCUT2D eigenvalue weighted by Gasteiger charge is -2.45. The zero-order chi connectivity index (χ0) is 43.0. The van der Waals surface area contributed by atoms with Crippen LogP contribution in [0.3, 0.4) is 0 Å². The Morgan fingerprint density at radius 2 is 1.84 bits per heavy atom. The fraction of sp³-hybridized carbons (Fsp3) is 0.465. The predicted octanol–water partition coefficient (Wildman–Crippen LogP) is 7.13. The fourth-order valence-electron chi connectivity index (χ4n) is 8.76. The standard InChI is InChI=1S/C43H47F3N8O5S.ClH/c1-4-27-19-30(54-40(60)53(39(58)42(54)15-6-16-42)31-21-32(43(44,45)46)34(23-47)48-24-31)9-11-35(27)59-18-14-26-13-17-52(41(2,3)22-26)25-37(56)50-29-8-5-7-28(20-29)49-33-10-12-36(55)51-38(33)57;/h5,7-9,11,19-21,24,26,33,49H,4,6,10,12-18,22,25H2,1-3H3,(H,50,56)(H,51,55,57);1H. The van der Waals surface area contributed by atoms with E-state index in [1.807, 2.05) is 31.2 Å². The number of aryl methyl sites for hydroxylation is 1. The average Bonchev–Trinajstić information content (AvgIpc) is 3.42. The number of rotatable bonds is 12. The van der Waals surface area contributed by atoms with Crippen LogP contribution in [-0.2, 0) is 31.8 Å². The third kappa shape index (κ3) is 9.31. The highest BCUT2D eigenvalue weighted by Gasteiger charge is 2.60. The Labute approximate surface area is 363 Å². The van der Waals surface area contributed by atoms with E-state index in [1.54, 1.807) is 23.1 Å². The van der Waals surface area contributed by atoms with Crippen LogP contribution >= 0.6 is 24.6 Å². The number of pyridine rings is 1. The summed E-state index contributed by atoms with van der Waals surface area (Å²) in [5.74, 6) is -0.141. The highest BCUT2D eigenvalue weighted by atomic mass is 35.5. The molecule has 3 aromatic rings. The molecular formula is C43H48ClF3N8O5S. The molecule has 2 aromatic carbocycles. The van der Waals surface area contributed by atoms with Crippen molar-refractivity contribution in [2.24, 2.45) is 5.92 Å². The molecule has 3 saturated heterocycles. The average molecular weight is 881 g/mol. The smallest absolute Gasteiger partial charge is 0.419 e. The molecule has 2 atom stereocenters. The SMILES string of the molecule is CCc1cc(N2C(=S)N(c3cnc(C#N)c(C(F)(F)F)c3)C(=O)C23CCC3)ccc1OCCC1CCN(CC(=O)Nc2cccc(NC3CCC(=O)NC3=O)c2)C(C)(C)C1.Cl. The Morgan fingerprint density at radius 1 is 1.08 bits per heavy atom. The van der Waals surface area contributed by atoms with E-state index in [0.29, 0.717) is 61.0 Å². The van der Waals surface area contributed by atoms with Gasteiger partial charge in [-0.3, -0.25) is 34.3 Å². The molecule has 4 aliphatic rings. The number of halogens is 4. The Kier molecular flexibility index (Phi) is 13.3. The lowest BCUT2D eigenvalue weighted by atomic mass is 9.75. The van der Waals surface area contributed by atoms with Crippen LogP contribution in [0.25, 0.3) is 0 Å². The first-order valence-electron chi connectivity index (χ1n) is 20.2. The third-order valence-corrected chi connectivity index (χ3v) is 12.5. The summed E-state index contributed by atoms with van der Waals surface area (Å²) in [6.07, 6.45) is 1.81. The van der Waals surface area contributed by atoms with Gasteiger partial charge in [-0.25, -0.2) is 4.98 Å². The summed E-state index contributed by atoms with van der Waals surface area (Å²) in [4.78, 5) is 59.6. The maximum atomic E-state index is 14.0. The second-order valence-electron chi connectivity index (χ2n) is 16.5. The number of thiocarbonyl (C=S) groups is 1. The molecule has 0 bridgehead atoms. The number of hydrogen-bond donors (Lipinski definition) is 3. The summed E-state index contributed by atoms with van der Waals surface area (Å²) in [5, 5.41) is 17.7. The van der Waals surface area contributed by atoms with Gasteiger partial charge in [-0.1, -0.05) is 13.0 Å². The van der Waals surface area contributed by atoms with Crippen LogP contribution in [0, 0.1) is 17.2 Å². The minimum absolute atomic E-state index is 0. The number of ether oxygens (including phenoxy) is 1. The predicted molar refractivity (Wildman–Crippen MR) is 230 cm³/mol. The molecule has 2 unspecified atom stereocenters. The van der Waals surface area contributed by atoms with E-state index in [4.69, 9.17) is 17.0 Å². The molecule has 3 aliphatic heterocycles. The number of nitrogens with one attached hydrogen (secondary N) is 3. The molecule has 324 valence electrons. The Morgan fingerprint density at radius 3 is 2.49 bits per heavy atom. The number of imide groups is 1. The van der Waals surface area contributed by atoms with E-state index >= 15 is 0 Å². The van der Waals surface area contributed by atoms with Crippen molar-refractivity contribution in [3.8, 4) is 11.8 Å². The minimum atomic E-state index is -4.85. The zero-order valence-electron chi connectivity index (χ0n) is 34.1. The number of anilines is 4. The molecule has 4 amide bonds. The molecule has 7 rings (SSSR count). The third-order valence-electron chi connectivity index (χ3n) is 12.1. The van der Waals surface area contributed by atoms with Crippen LogP contribution in [0.4, 0.5) is 35.9 Å². The first-order chi connectivity index (χ1) is 28.5. The van der Waals surface area contributed by atoms with Crippen LogP contribution in [0.2, 0.25) is 0 Å². The van der Waals surface area contributed by atoms with Crippen molar-refractivity contribution < 1.29 is 37.1 Å². The molecule has 61 heavy (non-hydrogen) atoms. The minimum Gasteiger partial charge on any atom is -0.493 e. The van der Waals surface area contributed by atoms with Gasteiger partial charge in [0, 0.05) is 29.0 Å². The monoisotopic (exact) mass is 880 g/mol. The number of likely N-dealkylation sites (tertiary alicyclic amines) is 1. The van der Waals surface area contributed by atoms with Gasteiger partial charge in [0.05, 0.1) is 30.6 Å². The van der Waals surface area contributed by atoms with E-state index < -0.39 is 34.9 Å². The number of hydrogen-bond acceptors (Lipinski definition) is 10. The molecule has 1 aliphatic carbocycles. The first-order valence-corrected chi connectivity index (χ1v) is 20.6. The van der Waals surface area contributed by atoms with Gasteiger partial charge in [0.25, 0.3) is 5.91 Å². The van der Waals surface area contributed by atoms with Gasteiger partial charge in [0.2, 0.25) is 17.7 Å². The van der Waals surface area contributed by atoms with E-state index in [0.717, 1.165) is 55.0 Å². The van der Waals surface area contributed by atoms with Crippen molar-refractivity contribution in [2.45, 2.75) is 102 Å². The van der Waals surface area contributed by atoms with Crippen LogP contribution in [0.15, 0.2) is 54.7 Å². The van der Waals surface area contributed by atoms with Gasteiger partial charge < -0.3 is 20.3 Å². The van der Waals surface area contributed by atoms with E-state index in [-0.39, 0.29) is 59.4 Å². The summed E-state index contributed by atoms with van der Waals surface area (Å²) in [5.41, 5.74) is -0.602. The molecule has 4 heterocycles. The molecule has 1 spiro atoms. The summed E-state index contributed by atoms with van der Waals surface area (Å²) < 4.78 is 47.8. The molecule has 1 saturated carbocycles. The highest BCUT2D eigenvalue weighted by molar-refractivity contribution is 7.81. The number of aromatic nitrogens is 1. The zero-order valence-corrected chi connectivity index (χ0v) is 35.7. The Balaban J connectivity index is 0.00000622. The van der Waals surface area contributed by atoms with E-state index in [2.05, 4.69) is 39.7 Å². The van der Waals surface area contributed by atoms with Crippen LogP contribution in [-0.4, -0.2) is 75.4 Å². The molecule has 3 N–H and O–H groups in total. The molecule has 13 nitrogen and oxygen atoms in total. The molecule has 1 aromatic heterocycles. The maximum absolute atomic E-state index is 14.0.